The van der Waals surface area contributed by atoms with Crippen LogP contribution in [0, 0.1) is 16.0 Å². The molecule has 1 aromatic heterocycles. The summed E-state index contributed by atoms with van der Waals surface area (Å²) in [7, 11) is 0. The average Bonchev–Trinajstić information content (AvgIpc) is 3.32. The number of nitro groups is 1. The number of rotatable bonds is 5. The van der Waals surface area contributed by atoms with Gasteiger partial charge in [0, 0.05) is 23.7 Å². The predicted octanol–water partition coefficient (Wildman–Crippen LogP) is 4.19. The quantitative estimate of drug-likeness (QED) is 0.590. The summed E-state index contributed by atoms with van der Waals surface area (Å²) in [6.45, 7) is 1.75. The number of hydrogen-bond donors (Lipinski definition) is 0. The van der Waals surface area contributed by atoms with Crippen molar-refractivity contribution in [2.75, 3.05) is 6.54 Å². The van der Waals surface area contributed by atoms with Gasteiger partial charge in [0.05, 0.1) is 11.5 Å². The fourth-order valence-corrected chi connectivity index (χ4v) is 4.47. The lowest BCUT2D eigenvalue weighted by Gasteiger charge is -2.33. The molecule has 4 rings (SSSR count). The van der Waals surface area contributed by atoms with Gasteiger partial charge < -0.3 is 4.52 Å². The molecule has 0 bridgehead atoms. The number of nitrogens with zero attached hydrogens (tertiary/aromatic N) is 4. The summed E-state index contributed by atoms with van der Waals surface area (Å²) < 4.78 is 5.44. The Balaban J connectivity index is 1.46. The van der Waals surface area contributed by atoms with Crippen molar-refractivity contribution < 1.29 is 9.45 Å². The fraction of sp³-hybridized carbons (Fsp3) is 0.579. The number of hydrogen-bond acceptors (Lipinski definition) is 6. The molecule has 0 spiro atoms. The summed E-state index contributed by atoms with van der Waals surface area (Å²) in [6.07, 6.45) is 9.25. The minimum Gasteiger partial charge on any atom is -0.338 e. The molecule has 7 heteroatoms. The van der Waals surface area contributed by atoms with Crippen molar-refractivity contribution in [1.29, 1.82) is 0 Å². The molecule has 0 unspecified atom stereocenters. The molecular formula is C19H24N4O3. The highest BCUT2D eigenvalue weighted by Gasteiger charge is 2.33. The molecule has 2 aliphatic rings. The number of aromatic nitrogens is 2. The van der Waals surface area contributed by atoms with Crippen LogP contribution in [-0.4, -0.2) is 32.6 Å². The van der Waals surface area contributed by atoms with Crippen molar-refractivity contribution in [2.45, 2.75) is 57.5 Å². The Hall–Kier alpha value is -2.28. The highest BCUT2D eigenvalue weighted by molar-refractivity contribution is 5.58. The number of benzene rings is 1. The molecule has 7 nitrogen and oxygen atoms in total. The van der Waals surface area contributed by atoms with Crippen LogP contribution in [-0.2, 0) is 6.54 Å². The molecule has 1 atom stereocenters. The first-order chi connectivity index (χ1) is 12.7. The summed E-state index contributed by atoms with van der Waals surface area (Å²) in [5, 5.41) is 15.0. The van der Waals surface area contributed by atoms with Crippen LogP contribution < -0.4 is 0 Å². The van der Waals surface area contributed by atoms with Gasteiger partial charge in [-0.1, -0.05) is 36.6 Å². The maximum Gasteiger partial charge on any atom is 0.270 e. The molecular weight excluding hydrogens is 332 g/mol. The van der Waals surface area contributed by atoms with Gasteiger partial charge in [-0.3, -0.25) is 15.0 Å². The third kappa shape index (κ3) is 3.62. The second-order valence-electron chi connectivity index (χ2n) is 7.40. The second kappa shape index (κ2) is 7.53. The van der Waals surface area contributed by atoms with Gasteiger partial charge in [0.1, 0.15) is 0 Å². The van der Waals surface area contributed by atoms with Crippen molar-refractivity contribution >= 4 is 5.69 Å². The lowest BCUT2D eigenvalue weighted by atomic mass is 9.83. The van der Waals surface area contributed by atoms with Gasteiger partial charge in [-0.2, -0.15) is 4.98 Å². The van der Waals surface area contributed by atoms with Gasteiger partial charge in [-0.05, 0) is 38.1 Å². The Morgan fingerprint density at radius 3 is 2.85 bits per heavy atom. The molecule has 2 aromatic rings. The van der Waals surface area contributed by atoms with Gasteiger partial charge >= 0.3 is 0 Å². The third-order valence-corrected chi connectivity index (χ3v) is 5.73. The van der Waals surface area contributed by atoms with Gasteiger partial charge in [0.15, 0.2) is 0 Å². The summed E-state index contributed by atoms with van der Waals surface area (Å²) >= 11 is 0. The van der Waals surface area contributed by atoms with Crippen molar-refractivity contribution in [1.82, 2.24) is 15.0 Å². The minimum atomic E-state index is -0.413. The smallest absolute Gasteiger partial charge is 0.270 e. The maximum absolute atomic E-state index is 10.9. The van der Waals surface area contributed by atoms with Crippen LogP contribution in [0.1, 0.15) is 50.8 Å². The monoisotopic (exact) mass is 356 g/mol. The highest BCUT2D eigenvalue weighted by atomic mass is 16.6. The van der Waals surface area contributed by atoms with E-state index in [1.165, 1.54) is 57.1 Å². The maximum atomic E-state index is 10.9. The molecule has 1 saturated carbocycles. The van der Waals surface area contributed by atoms with E-state index < -0.39 is 4.92 Å². The normalized spacial score (nSPS) is 21.9. The molecule has 2 heterocycles. The summed E-state index contributed by atoms with van der Waals surface area (Å²) in [6, 6.07) is 6.98. The predicted molar refractivity (Wildman–Crippen MR) is 96.4 cm³/mol. The first-order valence-electron chi connectivity index (χ1n) is 9.52. The number of nitro benzene ring substituents is 1. The molecule has 138 valence electrons. The van der Waals surface area contributed by atoms with Gasteiger partial charge in [-0.25, -0.2) is 0 Å². The van der Waals surface area contributed by atoms with Crippen LogP contribution >= 0.6 is 0 Å². The van der Waals surface area contributed by atoms with E-state index in [0.717, 1.165) is 12.5 Å². The highest BCUT2D eigenvalue weighted by Crippen LogP contribution is 2.35. The molecule has 2 fully saturated rings. The van der Waals surface area contributed by atoms with Crippen molar-refractivity contribution in [3.8, 4) is 11.4 Å². The summed E-state index contributed by atoms with van der Waals surface area (Å²) in [5.74, 6) is 1.80. The van der Waals surface area contributed by atoms with E-state index >= 15 is 0 Å². The SMILES string of the molecule is O=[N+]([O-])c1cccc(-c2noc(CN3CCC[C@H]3C3CCCCC3)n2)c1. The summed E-state index contributed by atoms with van der Waals surface area (Å²) in [4.78, 5) is 17.5. The van der Waals surface area contributed by atoms with Crippen molar-refractivity contribution in [2.24, 2.45) is 5.92 Å². The first-order valence-corrected chi connectivity index (χ1v) is 9.52. The Morgan fingerprint density at radius 2 is 2.04 bits per heavy atom. The topological polar surface area (TPSA) is 85.3 Å². The Kier molecular flexibility index (Phi) is 4.97. The lowest BCUT2D eigenvalue weighted by molar-refractivity contribution is -0.384. The lowest BCUT2D eigenvalue weighted by Crippen LogP contribution is -2.36. The zero-order valence-corrected chi connectivity index (χ0v) is 14.8. The van der Waals surface area contributed by atoms with Gasteiger partial charge in [0.25, 0.3) is 5.69 Å². The molecule has 1 aromatic carbocycles. The molecule has 1 aliphatic heterocycles. The zero-order chi connectivity index (χ0) is 17.9. The van der Waals surface area contributed by atoms with Gasteiger partial charge in [0.2, 0.25) is 11.7 Å². The molecule has 26 heavy (non-hydrogen) atoms. The molecule has 0 radical (unpaired) electrons. The van der Waals surface area contributed by atoms with E-state index in [0.29, 0.717) is 29.9 Å². The largest absolute Gasteiger partial charge is 0.338 e. The van der Waals surface area contributed by atoms with Crippen LogP contribution in [0.5, 0.6) is 0 Å². The van der Waals surface area contributed by atoms with Crippen LogP contribution in [0.2, 0.25) is 0 Å². The molecule has 1 aliphatic carbocycles. The number of likely N-dealkylation sites (tertiary alicyclic amines) is 1. The zero-order valence-electron chi connectivity index (χ0n) is 14.8. The standard InChI is InChI=1S/C19H24N4O3/c24-23(25)16-9-4-8-15(12-16)19-20-18(26-21-19)13-22-11-5-10-17(22)14-6-2-1-3-7-14/h4,8-9,12,14,17H,1-3,5-7,10-11,13H2/t17-/m0/s1. The van der Waals surface area contributed by atoms with E-state index in [9.17, 15) is 10.1 Å². The van der Waals surface area contributed by atoms with Crippen LogP contribution in [0.25, 0.3) is 11.4 Å². The van der Waals surface area contributed by atoms with Crippen molar-refractivity contribution in [3.63, 3.8) is 0 Å². The third-order valence-electron chi connectivity index (χ3n) is 5.73. The van der Waals surface area contributed by atoms with E-state index in [-0.39, 0.29) is 5.69 Å². The Labute approximate surface area is 152 Å². The van der Waals surface area contributed by atoms with E-state index in [1.54, 1.807) is 12.1 Å². The van der Waals surface area contributed by atoms with Crippen LogP contribution in [0.15, 0.2) is 28.8 Å². The Bertz CT molecular complexity index is 770. The molecule has 0 amide bonds. The van der Waals surface area contributed by atoms with Crippen LogP contribution in [0.3, 0.4) is 0 Å². The van der Waals surface area contributed by atoms with Gasteiger partial charge in [-0.15, -0.1) is 0 Å². The molecule has 0 N–H and O–H groups in total. The molecule has 1 saturated heterocycles. The van der Waals surface area contributed by atoms with E-state index in [4.69, 9.17) is 4.52 Å². The van der Waals surface area contributed by atoms with Crippen LogP contribution in [0.4, 0.5) is 5.69 Å². The summed E-state index contributed by atoms with van der Waals surface area (Å²) in [5.41, 5.74) is 0.644. The minimum absolute atomic E-state index is 0.0331. The van der Waals surface area contributed by atoms with Crippen molar-refractivity contribution in [3.05, 3.63) is 40.3 Å². The first kappa shape index (κ1) is 17.1. The average molecular weight is 356 g/mol. The van der Waals surface area contributed by atoms with E-state index in [2.05, 4.69) is 15.0 Å². The Morgan fingerprint density at radius 1 is 1.19 bits per heavy atom. The fourth-order valence-electron chi connectivity index (χ4n) is 4.47. The van der Waals surface area contributed by atoms with E-state index in [1.807, 2.05) is 0 Å². The number of non-ortho nitro benzene ring substituents is 1. The second-order valence-corrected chi connectivity index (χ2v) is 7.40.